The summed E-state index contributed by atoms with van der Waals surface area (Å²) < 4.78 is 14.8. The van der Waals surface area contributed by atoms with E-state index in [1.807, 2.05) is 0 Å². The van der Waals surface area contributed by atoms with Crippen molar-refractivity contribution in [2.24, 2.45) is 0 Å². The van der Waals surface area contributed by atoms with Crippen LogP contribution in [0.15, 0.2) is 36.0 Å². The van der Waals surface area contributed by atoms with E-state index in [4.69, 9.17) is 8.23 Å². The second kappa shape index (κ2) is 9.80. The lowest BCUT2D eigenvalue weighted by Crippen LogP contribution is -2.75. The van der Waals surface area contributed by atoms with E-state index >= 15 is 0 Å². The summed E-state index contributed by atoms with van der Waals surface area (Å²) in [4.78, 5) is 0. The van der Waals surface area contributed by atoms with E-state index < -0.39 is 53.6 Å². The highest BCUT2D eigenvalue weighted by Gasteiger charge is 2.58. The van der Waals surface area contributed by atoms with E-state index in [2.05, 4.69) is 140 Å². The second-order valence-electron chi connectivity index (χ2n) is 13.7. The molecule has 32 heavy (non-hydrogen) atoms. The molecule has 1 aromatic rings. The summed E-state index contributed by atoms with van der Waals surface area (Å²) >= 11 is 0. The van der Waals surface area contributed by atoms with Crippen LogP contribution in [-0.4, -0.2) is 53.6 Å². The van der Waals surface area contributed by atoms with Gasteiger partial charge >= 0.3 is 8.56 Å². The number of hydrogen-bond donors (Lipinski definition) is 0. The van der Waals surface area contributed by atoms with Crippen molar-refractivity contribution >= 4 is 59.7 Å². The first-order valence-corrected chi connectivity index (χ1v) is 37.3. The molecule has 0 fully saturated rings. The minimum Gasteiger partial charge on any atom is -0.436 e. The van der Waals surface area contributed by atoms with Crippen LogP contribution >= 0.6 is 0 Å². The molecule has 0 unspecified atom stereocenters. The number of benzene rings is 1. The van der Waals surface area contributed by atoms with Gasteiger partial charge in [-0.25, -0.2) is 0 Å². The summed E-state index contributed by atoms with van der Waals surface area (Å²) in [5, 5.41) is 0. The second-order valence-corrected chi connectivity index (χ2v) is 73.5. The lowest BCUT2D eigenvalue weighted by Gasteiger charge is -2.52. The summed E-state index contributed by atoms with van der Waals surface area (Å²) in [5.41, 5.74) is 3.61. The van der Waals surface area contributed by atoms with Crippen molar-refractivity contribution in [1.82, 2.24) is 0 Å². The van der Waals surface area contributed by atoms with Gasteiger partial charge in [0, 0.05) is 15.2 Å². The summed E-state index contributed by atoms with van der Waals surface area (Å²) in [6.07, 6.45) is 2.27. The van der Waals surface area contributed by atoms with Crippen molar-refractivity contribution in [1.29, 1.82) is 0 Å². The first kappa shape index (κ1) is 30.4. The highest BCUT2D eigenvalue weighted by molar-refractivity contribution is 7.68. The van der Waals surface area contributed by atoms with Gasteiger partial charge in [-0.2, -0.15) is 0 Å². The fourth-order valence-electron chi connectivity index (χ4n) is 3.98. The molecule has 0 spiro atoms. The van der Waals surface area contributed by atoms with Crippen LogP contribution in [0.25, 0.3) is 6.08 Å². The highest BCUT2D eigenvalue weighted by Crippen LogP contribution is 2.36. The van der Waals surface area contributed by atoms with Gasteiger partial charge < -0.3 is 8.23 Å². The van der Waals surface area contributed by atoms with Gasteiger partial charge in [-0.3, -0.25) is 0 Å². The van der Waals surface area contributed by atoms with Gasteiger partial charge in [-0.05, 0) is 44.0 Å². The van der Waals surface area contributed by atoms with Crippen LogP contribution in [0.2, 0.25) is 98.2 Å². The van der Waals surface area contributed by atoms with E-state index in [9.17, 15) is 0 Å². The molecule has 0 bridgehead atoms. The van der Waals surface area contributed by atoms with Crippen LogP contribution in [0.1, 0.15) is 5.56 Å². The molecule has 0 heterocycles. The Balaban J connectivity index is 3.50. The van der Waals surface area contributed by atoms with Crippen LogP contribution in [0.3, 0.4) is 0 Å². The third kappa shape index (κ3) is 6.75. The van der Waals surface area contributed by atoms with E-state index in [0.29, 0.717) is 0 Å². The zero-order valence-corrected chi connectivity index (χ0v) is 30.9. The van der Waals surface area contributed by atoms with Crippen LogP contribution < -0.4 is 0 Å². The van der Waals surface area contributed by atoms with Gasteiger partial charge in [0.25, 0.3) is 0 Å². The summed E-state index contributed by atoms with van der Waals surface area (Å²) in [6.45, 7) is 38.1. The first-order chi connectivity index (χ1) is 14.0. The molecular weight excluding hydrogens is 505 g/mol. The van der Waals surface area contributed by atoms with Crippen molar-refractivity contribution in [3.8, 4) is 0 Å². The summed E-state index contributed by atoms with van der Waals surface area (Å²) in [7, 11) is -11.9. The maximum Gasteiger partial charge on any atom is 0.340 e. The molecule has 0 saturated carbocycles. The Bertz CT molecular complexity index is 749. The Hall–Kier alpha value is 0.398. The molecule has 0 atom stereocenters. The van der Waals surface area contributed by atoms with Crippen molar-refractivity contribution in [2.45, 2.75) is 98.2 Å². The molecule has 2 nitrogen and oxygen atoms in total. The number of rotatable bonds is 10. The SMILES string of the molecule is C[Si](C=Cc1ccccc1)(O[Si](C)(C)[Si](C)(C)[Si](C)(C)C)O[Si](C)(C)[Si](C)(C)[Si](C)(C)C. The van der Waals surface area contributed by atoms with Gasteiger partial charge in [-0.1, -0.05) is 102 Å². The third-order valence-corrected chi connectivity index (χ3v) is 97.4. The fourth-order valence-corrected chi connectivity index (χ4v) is 73.7. The Morgan fingerprint density at radius 2 is 0.875 bits per heavy atom. The molecule has 184 valence electrons. The molecule has 1 aromatic carbocycles. The monoisotopic (exact) mass is 556 g/mol. The molecule has 0 aromatic heterocycles. The molecule has 1 rings (SSSR count). The normalized spacial score (nSPS) is 15.5. The quantitative estimate of drug-likeness (QED) is 0.271. The summed E-state index contributed by atoms with van der Waals surface area (Å²) in [5.74, 6) is 0. The molecule has 0 saturated heterocycles. The largest absolute Gasteiger partial charge is 0.436 e. The summed E-state index contributed by atoms with van der Waals surface area (Å²) in [6, 6.07) is 10.7. The third-order valence-electron chi connectivity index (χ3n) is 9.05. The van der Waals surface area contributed by atoms with Crippen LogP contribution in [-0.2, 0) is 8.23 Å². The Kier molecular flexibility index (Phi) is 9.32. The minimum absolute atomic E-state index is 1.24. The lowest BCUT2D eigenvalue weighted by molar-refractivity contribution is 0.412. The van der Waals surface area contributed by atoms with Gasteiger partial charge in [0.15, 0.2) is 15.7 Å². The fraction of sp³-hybridized carbons (Fsp3) is 0.652. The van der Waals surface area contributed by atoms with Crippen molar-refractivity contribution < 1.29 is 8.23 Å². The predicted octanol–water partition coefficient (Wildman–Crippen LogP) is 8.16. The van der Waals surface area contributed by atoms with Gasteiger partial charge in [0.2, 0.25) is 0 Å². The van der Waals surface area contributed by atoms with Crippen molar-refractivity contribution in [3.05, 3.63) is 41.6 Å². The van der Waals surface area contributed by atoms with Crippen molar-refractivity contribution in [2.75, 3.05) is 0 Å². The average Bonchev–Trinajstić information content (AvgIpc) is 2.57. The molecule has 0 aliphatic heterocycles. The smallest absolute Gasteiger partial charge is 0.340 e. The first-order valence-electron chi connectivity index (χ1n) is 12.1. The minimum atomic E-state index is -2.52. The maximum atomic E-state index is 7.42. The molecule has 0 aliphatic rings. The van der Waals surface area contributed by atoms with Gasteiger partial charge in [0.05, 0.1) is 14.2 Å². The molecule has 0 amide bonds. The van der Waals surface area contributed by atoms with E-state index in [0.717, 1.165) is 0 Å². The van der Waals surface area contributed by atoms with Crippen LogP contribution in [0.5, 0.6) is 0 Å². The predicted molar refractivity (Wildman–Crippen MR) is 166 cm³/mol. The zero-order valence-electron chi connectivity index (χ0n) is 23.9. The molecule has 9 heteroatoms. The Labute approximate surface area is 206 Å². The van der Waals surface area contributed by atoms with Gasteiger partial charge in [0.1, 0.15) is 0 Å². The Morgan fingerprint density at radius 3 is 1.19 bits per heavy atom. The maximum absolute atomic E-state index is 7.42. The topological polar surface area (TPSA) is 18.5 Å². The molecule has 0 radical (unpaired) electrons. The van der Waals surface area contributed by atoms with E-state index in [1.54, 1.807) is 0 Å². The number of hydrogen-bond acceptors (Lipinski definition) is 2. The molecule has 0 aliphatic carbocycles. The van der Waals surface area contributed by atoms with Crippen LogP contribution in [0, 0.1) is 0 Å². The molecular formula is C23H52O2Si7. The van der Waals surface area contributed by atoms with Crippen LogP contribution in [0.4, 0.5) is 0 Å². The van der Waals surface area contributed by atoms with Gasteiger partial charge in [-0.15, -0.1) is 0 Å². The van der Waals surface area contributed by atoms with E-state index in [1.165, 1.54) is 5.56 Å². The lowest BCUT2D eigenvalue weighted by atomic mass is 10.2. The van der Waals surface area contributed by atoms with E-state index in [-0.39, 0.29) is 0 Å². The Morgan fingerprint density at radius 1 is 0.531 bits per heavy atom. The molecule has 0 N–H and O–H groups in total. The standard InChI is InChI=1S/C23H52O2Si7/c1-26(2,3)30(11,12)28(7,8)24-32(15,22-21-23-19-17-16-18-20-23)25-29(9,10)31(13,14)27(4,5)6/h16-22H,1-15H3. The highest BCUT2D eigenvalue weighted by atomic mass is 29.7. The average molecular weight is 557 g/mol. The van der Waals surface area contributed by atoms with Crippen molar-refractivity contribution in [3.63, 3.8) is 0 Å². The zero-order chi connectivity index (χ0) is 25.4.